The van der Waals surface area contributed by atoms with E-state index in [1.807, 2.05) is 37.8 Å². The SMILES string of the molecule is CC(C)(C)OC(=O)NCCCC(=O)N1CCN(Cc2ccncc2)CC1. The summed E-state index contributed by atoms with van der Waals surface area (Å²) in [7, 11) is 0. The fraction of sp³-hybridized carbons (Fsp3) is 0.632. The van der Waals surface area contributed by atoms with Crippen molar-refractivity contribution in [2.24, 2.45) is 0 Å². The lowest BCUT2D eigenvalue weighted by Gasteiger charge is -2.34. The number of hydrogen-bond donors (Lipinski definition) is 1. The summed E-state index contributed by atoms with van der Waals surface area (Å²) in [6.07, 6.45) is 4.24. The molecule has 0 unspecified atom stereocenters. The second-order valence-corrected chi connectivity index (χ2v) is 7.54. The van der Waals surface area contributed by atoms with Gasteiger partial charge in [-0.3, -0.25) is 14.7 Å². The highest BCUT2D eigenvalue weighted by molar-refractivity contribution is 5.76. The van der Waals surface area contributed by atoms with E-state index in [0.29, 0.717) is 19.4 Å². The van der Waals surface area contributed by atoms with Crippen LogP contribution < -0.4 is 5.32 Å². The summed E-state index contributed by atoms with van der Waals surface area (Å²) < 4.78 is 5.17. The molecule has 0 aromatic carbocycles. The fourth-order valence-corrected chi connectivity index (χ4v) is 2.80. The Kier molecular flexibility index (Phi) is 7.38. The van der Waals surface area contributed by atoms with Gasteiger partial charge in [-0.2, -0.15) is 0 Å². The molecule has 2 heterocycles. The Morgan fingerprint density at radius 1 is 1.15 bits per heavy atom. The van der Waals surface area contributed by atoms with E-state index in [9.17, 15) is 9.59 Å². The molecule has 0 atom stereocenters. The number of nitrogens with one attached hydrogen (secondary N) is 1. The van der Waals surface area contributed by atoms with Gasteiger partial charge < -0.3 is 15.0 Å². The first-order valence-electron chi connectivity index (χ1n) is 9.19. The van der Waals surface area contributed by atoms with Gasteiger partial charge in [0.15, 0.2) is 0 Å². The summed E-state index contributed by atoms with van der Waals surface area (Å²) in [5.74, 6) is 0.152. The standard InChI is InChI=1S/C19H30N4O3/c1-19(2,3)26-18(25)21-8-4-5-17(24)23-13-11-22(12-14-23)15-16-6-9-20-10-7-16/h6-7,9-10H,4-5,8,11-15H2,1-3H3,(H,21,25). The van der Waals surface area contributed by atoms with Crippen LogP contribution in [0.5, 0.6) is 0 Å². The van der Waals surface area contributed by atoms with E-state index >= 15 is 0 Å². The zero-order valence-electron chi connectivity index (χ0n) is 16.0. The molecule has 1 fully saturated rings. The maximum absolute atomic E-state index is 12.3. The molecule has 1 N–H and O–H groups in total. The third-order valence-electron chi connectivity index (χ3n) is 4.12. The van der Waals surface area contributed by atoms with Crippen LogP contribution in [-0.2, 0) is 16.1 Å². The monoisotopic (exact) mass is 362 g/mol. The van der Waals surface area contributed by atoms with Gasteiger partial charge in [-0.1, -0.05) is 0 Å². The second kappa shape index (κ2) is 9.52. The maximum atomic E-state index is 12.3. The quantitative estimate of drug-likeness (QED) is 0.784. The van der Waals surface area contributed by atoms with E-state index in [-0.39, 0.29) is 5.91 Å². The lowest BCUT2D eigenvalue weighted by molar-refractivity contribution is -0.133. The average molecular weight is 362 g/mol. The molecule has 2 amide bonds. The van der Waals surface area contributed by atoms with Gasteiger partial charge in [0, 0.05) is 58.1 Å². The van der Waals surface area contributed by atoms with Crippen LogP contribution >= 0.6 is 0 Å². The van der Waals surface area contributed by atoms with Crippen LogP contribution in [0.15, 0.2) is 24.5 Å². The van der Waals surface area contributed by atoms with Crippen molar-refractivity contribution in [2.75, 3.05) is 32.7 Å². The van der Waals surface area contributed by atoms with Crippen molar-refractivity contribution < 1.29 is 14.3 Å². The van der Waals surface area contributed by atoms with Crippen molar-refractivity contribution in [3.05, 3.63) is 30.1 Å². The number of pyridine rings is 1. The smallest absolute Gasteiger partial charge is 0.407 e. The van der Waals surface area contributed by atoms with Crippen LogP contribution in [0.25, 0.3) is 0 Å². The Morgan fingerprint density at radius 2 is 1.81 bits per heavy atom. The van der Waals surface area contributed by atoms with Crippen molar-refractivity contribution in [3.8, 4) is 0 Å². The molecule has 0 bridgehead atoms. The van der Waals surface area contributed by atoms with Crippen molar-refractivity contribution in [2.45, 2.75) is 45.8 Å². The summed E-state index contributed by atoms with van der Waals surface area (Å²) in [5, 5.41) is 2.69. The number of ether oxygens (including phenoxy) is 1. The molecule has 7 nitrogen and oxygen atoms in total. The maximum Gasteiger partial charge on any atom is 0.407 e. The lowest BCUT2D eigenvalue weighted by Crippen LogP contribution is -2.48. The number of nitrogens with zero attached hydrogens (tertiary/aromatic N) is 3. The number of carbonyl (C=O) groups is 2. The highest BCUT2D eigenvalue weighted by Gasteiger charge is 2.21. The lowest BCUT2D eigenvalue weighted by atomic mass is 10.2. The first kappa shape index (κ1) is 20.2. The fourth-order valence-electron chi connectivity index (χ4n) is 2.80. The minimum Gasteiger partial charge on any atom is -0.444 e. The van der Waals surface area contributed by atoms with E-state index < -0.39 is 11.7 Å². The summed E-state index contributed by atoms with van der Waals surface area (Å²) >= 11 is 0. The third-order valence-corrected chi connectivity index (χ3v) is 4.12. The molecule has 1 aromatic rings. The molecule has 1 saturated heterocycles. The van der Waals surface area contributed by atoms with E-state index in [1.165, 1.54) is 5.56 Å². The van der Waals surface area contributed by atoms with E-state index in [4.69, 9.17) is 4.74 Å². The topological polar surface area (TPSA) is 74.8 Å². The molecule has 0 aliphatic carbocycles. The minimum atomic E-state index is -0.504. The van der Waals surface area contributed by atoms with Crippen molar-refractivity contribution in [3.63, 3.8) is 0 Å². The largest absolute Gasteiger partial charge is 0.444 e. The zero-order chi connectivity index (χ0) is 19.0. The number of hydrogen-bond acceptors (Lipinski definition) is 5. The van der Waals surface area contributed by atoms with Gasteiger partial charge in [-0.15, -0.1) is 0 Å². The summed E-state index contributed by atoms with van der Waals surface area (Å²) in [4.78, 5) is 32.1. The van der Waals surface area contributed by atoms with Crippen LogP contribution in [0.1, 0.15) is 39.2 Å². The number of piperazine rings is 1. The van der Waals surface area contributed by atoms with Crippen molar-refractivity contribution in [1.29, 1.82) is 0 Å². The summed E-state index contributed by atoms with van der Waals surface area (Å²) in [5.41, 5.74) is 0.739. The Labute approximate surface area is 155 Å². The second-order valence-electron chi connectivity index (χ2n) is 7.54. The molecular weight excluding hydrogens is 332 g/mol. The predicted octanol–water partition coefficient (Wildman–Crippen LogP) is 2.03. The minimum absolute atomic E-state index is 0.152. The number of rotatable bonds is 6. The number of amides is 2. The van der Waals surface area contributed by atoms with Crippen molar-refractivity contribution in [1.82, 2.24) is 20.1 Å². The zero-order valence-corrected chi connectivity index (χ0v) is 16.0. The Hall–Kier alpha value is -2.15. The van der Waals surface area contributed by atoms with Gasteiger partial charge in [-0.05, 0) is 44.9 Å². The molecule has 0 saturated carbocycles. The van der Waals surface area contributed by atoms with E-state index in [0.717, 1.165) is 32.7 Å². The van der Waals surface area contributed by atoms with Crippen molar-refractivity contribution >= 4 is 12.0 Å². The van der Waals surface area contributed by atoms with Gasteiger partial charge in [0.25, 0.3) is 0 Å². The van der Waals surface area contributed by atoms with Gasteiger partial charge in [-0.25, -0.2) is 4.79 Å². The highest BCUT2D eigenvalue weighted by atomic mass is 16.6. The first-order chi connectivity index (χ1) is 12.3. The van der Waals surface area contributed by atoms with Gasteiger partial charge in [0.05, 0.1) is 0 Å². The van der Waals surface area contributed by atoms with E-state index in [2.05, 4.69) is 15.2 Å². The number of aromatic nitrogens is 1. The van der Waals surface area contributed by atoms with E-state index in [1.54, 1.807) is 12.4 Å². The van der Waals surface area contributed by atoms with Crippen LogP contribution in [0.4, 0.5) is 4.79 Å². The van der Waals surface area contributed by atoms with Gasteiger partial charge in [0.2, 0.25) is 5.91 Å². The summed E-state index contributed by atoms with van der Waals surface area (Å²) in [6, 6.07) is 4.05. The Bertz CT molecular complexity index is 578. The average Bonchev–Trinajstić information content (AvgIpc) is 2.58. The molecule has 0 radical (unpaired) electrons. The Balaban J connectivity index is 1.60. The molecular formula is C19H30N4O3. The molecule has 7 heteroatoms. The van der Waals surface area contributed by atoms with Crippen LogP contribution in [0.3, 0.4) is 0 Å². The molecule has 144 valence electrons. The molecule has 1 aromatic heterocycles. The number of carbonyl (C=O) groups excluding carboxylic acids is 2. The molecule has 2 rings (SSSR count). The first-order valence-corrected chi connectivity index (χ1v) is 9.19. The van der Waals surface area contributed by atoms with Gasteiger partial charge in [0.1, 0.15) is 5.60 Å². The van der Waals surface area contributed by atoms with Crippen LogP contribution in [0, 0.1) is 0 Å². The third kappa shape index (κ3) is 7.39. The highest BCUT2D eigenvalue weighted by Crippen LogP contribution is 2.10. The number of alkyl carbamates (subject to hydrolysis) is 1. The normalized spacial score (nSPS) is 15.6. The van der Waals surface area contributed by atoms with Crippen LogP contribution in [0.2, 0.25) is 0 Å². The molecule has 1 aliphatic rings. The predicted molar refractivity (Wildman–Crippen MR) is 99.6 cm³/mol. The van der Waals surface area contributed by atoms with Gasteiger partial charge >= 0.3 is 6.09 Å². The van der Waals surface area contributed by atoms with Crippen LogP contribution in [-0.4, -0.2) is 65.1 Å². The molecule has 26 heavy (non-hydrogen) atoms. The molecule has 0 spiro atoms. The molecule has 1 aliphatic heterocycles. The summed E-state index contributed by atoms with van der Waals surface area (Å²) in [6.45, 7) is 10.1. The Morgan fingerprint density at radius 3 is 2.42 bits per heavy atom.